The lowest BCUT2D eigenvalue weighted by Gasteiger charge is -2.24. The molecule has 108 valence electrons. The minimum absolute atomic E-state index is 0.275. The molecule has 0 bridgehead atoms. The van der Waals surface area contributed by atoms with Gasteiger partial charge in [0.15, 0.2) is 0 Å². The highest BCUT2D eigenvalue weighted by molar-refractivity contribution is 7.89. The monoisotopic (exact) mass is 295 g/mol. The number of nitrogens with zero attached hydrogens (tertiary/aromatic N) is 3. The molecule has 0 saturated carbocycles. The van der Waals surface area contributed by atoms with Crippen molar-refractivity contribution in [3.63, 3.8) is 0 Å². The van der Waals surface area contributed by atoms with Crippen molar-refractivity contribution in [3.05, 3.63) is 47.3 Å². The first kappa shape index (κ1) is 14.7. The zero-order chi connectivity index (χ0) is 15.1. The molecule has 1 atom stereocenters. The second-order valence-electron chi connectivity index (χ2n) is 4.99. The van der Waals surface area contributed by atoms with Gasteiger partial charge in [0.05, 0.1) is 11.9 Å². The lowest BCUT2D eigenvalue weighted by Crippen LogP contribution is -2.25. The van der Waals surface area contributed by atoms with Gasteiger partial charge < -0.3 is 5.11 Å². The minimum atomic E-state index is -3.41. The van der Waals surface area contributed by atoms with Crippen LogP contribution >= 0.6 is 0 Å². The summed E-state index contributed by atoms with van der Waals surface area (Å²) in [6, 6.07) is 1.71. The molecule has 7 heteroatoms. The van der Waals surface area contributed by atoms with E-state index in [2.05, 4.69) is 9.97 Å². The molecule has 20 heavy (non-hydrogen) atoms. The van der Waals surface area contributed by atoms with Gasteiger partial charge in [-0.25, -0.2) is 17.4 Å². The second kappa shape index (κ2) is 4.68. The Balaban J connectivity index is 2.55. The Morgan fingerprint density at radius 2 is 1.95 bits per heavy atom. The summed E-state index contributed by atoms with van der Waals surface area (Å²) in [6.07, 6.45) is 5.20. The highest BCUT2D eigenvalue weighted by Gasteiger charge is 2.31. The summed E-state index contributed by atoms with van der Waals surface area (Å²) in [5, 5.41) is 10.7. The Kier molecular flexibility index (Phi) is 3.43. The SMILES string of the molecule is Cc1nccc(C(C)(O)c2cn(S(C)(=O)=O)cn2)c1C. The molecule has 0 aliphatic rings. The van der Waals surface area contributed by atoms with Crippen LogP contribution in [0.15, 0.2) is 24.8 Å². The van der Waals surface area contributed by atoms with Gasteiger partial charge in [-0.3, -0.25) is 4.98 Å². The number of hydrogen-bond acceptors (Lipinski definition) is 5. The van der Waals surface area contributed by atoms with Gasteiger partial charge in [-0.15, -0.1) is 0 Å². The molecule has 0 amide bonds. The molecule has 0 radical (unpaired) electrons. The Morgan fingerprint density at radius 1 is 1.30 bits per heavy atom. The molecule has 2 aromatic heterocycles. The number of rotatable bonds is 3. The molecule has 2 rings (SSSR count). The average Bonchev–Trinajstić information content (AvgIpc) is 2.82. The molecule has 0 aromatic carbocycles. The molecule has 2 aromatic rings. The van der Waals surface area contributed by atoms with E-state index in [1.54, 1.807) is 19.2 Å². The zero-order valence-electron chi connectivity index (χ0n) is 11.8. The molecule has 0 aliphatic carbocycles. The third-order valence-electron chi connectivity index (χ3n) is 3.42. The molecule has 0 aliphatic heterocycles. The molecule has 1 N–H and O–H groups in total. The molecule has 1 unspecified atom stereocenters. The Hall–Kier alpha value is -1.73. The fourth-order valence-electron chi connectivity index (χ4n) is 2.04. The van der Waals surface area contributed by atoms with Crippen LogP contribution in [0.4, 0.5) is 0 Å². The Bertz CT molecular complexity index is 748. The first-order chi connectivity index (χ1) is 9.14. The smallest absolute Gasteiger partial charge is 0.236 e. The predicted octanol–water partition coefficient (Wildman–Crippen LogP) is 0.958. The van der Waals surface area contributed by atoms with E-state index in [4.69, 9.17) is 0 Å². The van der Waals surface area contributed by atoms with Crippen molar-refractivity contribution in [1.82, 2.24) is 13.9 Å². The van der Waals surface area contributed by atoms with E-state index >= 15 is 0 Å². The van der Waals surface area contributed by atoms with Crippen LogP contribution in [0.2, 0.25) is 0 Å². The number of imidazole rings is 1. The maximum atomic E-state index is 11.5. The molecule has 6 nitrogen and oxygen atoms in total. The summed E-state index contributed by atoms with van der Waals surface area (Å²) in [4.78, 5) is 8.17. The summed E-state index contributed by atoms with van der Waals surface area (Å²) in [5.41, 5.74) is 1.21. The van der Waals surface area contributed by atoms with Crippen molar-refractivity contribution in [2.24, 2.45) is 0 Å². The predicted molar refractivity (Wildman–Crippen MR) is 74.9 cm³/mol. The van der Waals surface area contributed by atoms with Gasteiger partial charge in [-0.2, -0.15) is 0 Å². The van der Waals surface area contributed by atoms with Crippen LogP contribution in [0.5, 0.6) is 0 Å². The third-order valence-corrected chi connectivity index (χ3v) is 4.39. The van der Waals surface area contributed by atoms with Gasteiger partial charge in [0.25, 0.3) is 0 Å². The summed E-state index contributed by atoms with van der Waals surface area (Å²) in [6.45, 7) is 5.30. The number of hydrogen-bond donors (Lipinski definition) is 1. The number of pyridine rings is 1. The van der Waals surface area contributed by atoms with Crippen LogP contribution in [0.3, 0.4) is 0 Å². The molecular formula is C13H17N3O3S. The quantitative estimate of drug-likeness (QED) is 0.911. The normalized spacial score (nSPS) is 15.1. The molecule has 0 spiro atoms. The summed E-state index contributed by atoms with van der Waals surface area (Å²) in [5.74, 6) is 0. The molecule has 2 heterocycles. The fourth-order valence-corrected chi connectivity index (χ4v) is 2.55. The van der Waals surface area contributed by atoms with Gasteiger partial charge in [0.1, 0.15) is 11.9 Å². The van der Waals surface area contributed by atoms with Crippen LogP contribution in [-0.4, -0.2) is 33.7 Å². The van der Waals surface area contributed by atoms with Crippen molar-refractivity contribution in [3.8, 4) is 0 Å². The number of aliphatic hydroxyl groups is 1. The lowest BCUT2D eigenvalue weighted by atomic mass is 9.89. The van der Waals surface area contributed by atoms with Crippen molar-refractivity contribution in [2.75, 3.05) is 6.26 Å². The maximum Gasteiger partial charge on any atom is 0.236 e. The van der Waals surface area contributed by atoms with E-state index in [0.717, 1.165) is 21.5 Å². The maximum absolute atomic E-state index is 11.5. The highest BCUT2D eigenvalue weighted by atomic mass is 32.2. The minimum Gasteiger partial charge on any atom is -0.379 e. The van der Waals surface area contributed by atoms with Crippen molar-refractivity contribution in [1.29, 1.82) is 0 Å². The van der Waals surface area contributed by atoms with E-state index in [1.807, 2.05) is 13.8 Å². The lowest BCUT2D eigenvalue weighted by molar-refractivity contribution is 0.0969. The molecule has 0 fully saturated rings. The standard InChI is InChI=1S/C13H17N3O3S/c1-9-10(2)14-6-5-11(9)13(3,17)12-7-16(8-15-12)20(4,18)19/h5-8,17H,1-4H3. The van der Waals surface area contributed by atoms with Gasteiger partial charge in [-0.05, 0) is 38.0 Å². The van der Waals surface area contributed by atoms with Crippen LogP contribution in [0, 0.1) is 13.8 Å². The van der Waals surface area contributed by atoms with Gasteiger partial charge in [-0.1, -0.05) is 0 Å². The fraction of sp³-hybridized carbons (Fsp3) is 0.385. The largest absolute Gasteiger partial charge is 0.379 e. The van der Waals surface area contributed by atoms with Gasteiger partial charge >= 0.3 is 0 Å². The Labute approximate surface area is 118 Å². The van der Waals surface area contributed by atoms with E-state index in [-0.39, 0.29) is 5.69 Å². The van der Waals surface area contributed by atoms with Gasteiger partial charge in [0.2, 0.25) is 10.0 Å². The van der Waals surface area contributed by atoms with E-state index < -0.39 is 15.6 Å². The van der Waals surface area contributed by atoms with Crippen molar-refractivity contribution in [2.45, 2.75) is 26.4 Å². The van der Waals surface area contributed by atoms with Crippen LogP contribution < -0.4 is 0 Å². The first-order valence-electron chi connectivity index (χ1n) is 6.04. The van der Waals surface area contributed by atoms with Gasteiger partial charge in [0, 0.05) is 18.1 Å². The topological polar surface area (TPSA) is 85.1 Å². The Morgan fingerprint density at radius 3 is 2.50 bits per heavy atom. The third kappa shape index (κ3) is 2.46. The van der Waals surface area contributed by atoms with E-state index in [1.165, 1.54) is 12.5 Å². The van der Waals surface area contributed by atoms with Crippen LogP contribution in [-0.2, 0) is 15.6 Å². The second-order valence-corrected chi connectivity index (χ2v) is 6.88. The van der Waals surface area contributed by atoms with Crippen molar-refractivity contribution >= 4 is 10.0 Å². The number of aryl methyl sites for hydroxylation is 1. The zero-order valence-corrected chi connectivity index (χ0v) is 12.6. The summed E-state index contributed by atoms with van der Waals surface area (Å²) < 4.78 is 23.9. The average molecular weight is 295 g/mol. The number of aromatic nitrogens is 3. The van der Waals surface area contributed by atoms with Crippen molar-refractivity contribution < 1.29 is 13.5 Å². The van der Waals surface area contributed by atoms with E-state index in [0.29, 0.717) is 5.56 Å². The summed E-state index contributed by atoms with van der Waals surface area (Å²) >= 11 is 0. The molecular weight excluding hydrogens is 278 g/mol. The van der Waals surface area contributed by atoms with Crippen LogP contribution in [0.25, 0.3) is 0 Å². The van der Waals surface area contributed by atoms with Crippen LogP contribution in [0.1, 0.15) is 29.4 Å². The molecule has 0 saturated heterocycles. The highest BCUT2D eigenvalue weighted by Crippen LogP contribution is 2.30. The summed E-state index contributed by atoms with van der Waals surface area (Å²) in [7, 11) is -3.41. The van der Waals surface area contributed by atoms with E-state index in [9.17, 15) is 13.5 Å². The first-order valence-corrected chi connectivity index (χ1v) is 7.89.